The molecule has 25 heavy (non-hydrogen) atoms. The summed E-state index contributed by atoms with van der Waals surface area (Å²) < 4.78 is 28.2. The Balaban J connectivity index is 1.78. The third-order valence-electron chi connectivity index (χ3n) is 4.21. The third kappa shape index (κ3) is 3.42. The Morgan fingerprint density at radius 2 is 1.84 bits per heavy atom. The molecule has 1 aromatic heterocycles. The minimum Gasteiger partial charge on any atom is -0.335 e. The van der Waals surface area contributed by atoms with Crippen molar-refractivity contribution in [1.29, 1.82) is 0 Å². The van der Waals surface area contributed by atoms with Crippen LogP contribution in [0.1, 0.15) is 28.9 Å². The van der Waals surface area contributed by atoms with E-state index < -0.39 is 17.7 Å². The molecule has 0 fully saturated rings. The molecule has 0 aliphatic heterocycles. The fraction of sp³-hybridized carbons (Fsp3) is 0.158. The van der Waals surface area contributed by atoms with Crippen molar-refractivity contribution in [3.63, 3.8) is 0 Å². The van der Waals surface area contributed by atoms with Crippen LogP contribution in [0.25, 0.3) is 5.69 Å². The average molecular weight is 341 g/mol. The number of hydrogen-bond acceptors (Lipinski definition) is 2. The van der Waals surface area contributed by atoms with E-state index in [1.807, 2.05) is 12.3 Å². The fourth-order valence-electron chi connectivity index (χ4n) is 2.55. The van der Waals surface area contributed by atoms with E-state index in [1.165, 1.54) is 11.0 Å². The van der Waals surface area contributed by atoms with Crippen LogP contribution in [0.5, 0.6) is 0 Å². The molecule has 0 aliphatic rings. The highest BCUT2D eigenvalue weighted by molar-refractivity contribution is 5.94. The molecule has 0 spiro atoms. The SMILES string of the molecule is CC(c1ccc(F)c(F)c1)N(C)C(=O)c1ccc(-n2cccn2)cc1. The second-order valence-corrected chi connectivity index (χ2v) is 5.76. The van der Waals surface area contributed by atoms with Crippen LogP contribution in [0.15, 0.2) is 60.9 Å². The number of nitrogens with zero attached hydrogens (tertiary/aromatic N) is 3. The molecule has 1 heterocycles. The average Bonchev–Trinajstić information content (AvgIpc) is 3.17. The van der Waals surface area contributed by atoms with E-state index in [9.17, 15) is 13.6 Å². The van der Waals surface area contributed by atoms with E-state index in [4.69, 9.17) is 0 Å². The van der Waals surface area contributed by atoms with Crippen molar-refractivity contribution in [3.05, 3.63) is 83.7 Å². The van der Waals surface area contributed by atoms with Crippen molar-refractivity contribution in [2.45, 2.75) is 13.0 Å². The first kappa shape index (κ1) is 16.8. The first-order valence-corrected chi connectivity index (χ1v) is 7.79. The Bertz CT molecular complexity index is 876. The molecule has 0 saturated heterocycles. The van der Waals surface area contributed by atoms with Gasteiger partial charge in [-0.05, 0) is 55.0 Å². The van der Waals surface area contributed by atoms with Crippen LogP contribution in [0.3, 0.4) is 0 Å². The van der Waals surface area contributed by atoms with Gasteiger partial charge in [0, 0.05) is 25.0 Å². The Hall–Kier alpha value is -3.02. The van der Waals surface area contributed by atoms with Crippen LogP contribution in [0, 0.1) is 11.6 Å². The van der Waals surface area contributed by atoms with Crippen molar-refractivity contribution < 1.29 is 13.6 Å². The lowest BCUT2D eigenvalue weighted by Gasteiger charge is -2.25. The Labute approximate surface area is 144 Å². The van der Waals surface area contributed by atoms with E-state index in [-0.39, 0.29) is 5.91 Å². The quantitative estimate of drug-likeness (QED) is 0.720. The number of benzene rings is 2. The topological polar surface area (TPSA) is 38.1 Å². The smallest absolute Gasteiger partial charge is 0.254 e. The minimum atomic E-state index is -0.922. The van der Waals surface area contributed by atoms with E-state index in [0.717, 1.165) is 17.8 Å². The monoisotopic (exact) mass is 341 g/mol. The molecule has 0 bridgehead atoms. The van der Waals surface area contributed by atoms with Crippen LogP contribution in [-0.2, 0) is 0 Å². The molecule has 0 radical (unpaired) electrons. The molecule has 0 N–H and O–H groups in total. The van der Waals surface area contributed by atoms with E-state index in [0.29, 0.717) is 11.1 Å². The van der Waals surface area contributed by atoms with Crippen LogP contribution in [-0.4, -0.2) is 27.6 Å². The van der Waals surface area contributed by atoms with Gasteiger partial charge in [-0.15, -0.1) is 0 Å². The Morgan fingerprint density at radius 3 is 2.44 bits per heavy atom. The summed E-state index contributed by atoms with van der Waals surface area (Å²) in [5, 5.41) is 4.13. The summed E-state index contributed by atoms with van der Waals surface area (Å²) in [7, 11) is 1.63. The first-order chi connectivity index (χ1) is 12.0. The summed E-state index contributed by atoms with van der Waals surface area (Å²) in [4.78, 5) is 14.1. The molecule has 1 unspecified atom stereocenters. The normalized spacial score (nSPS) is 12.0. The van der Waals surface area contributed by atoms with Gasteiger partial charge in [0.1, 0.15) is 0 Å². The van der Waals surface area contributed by atoms with Gasteiger partial charge in [-0.1, -0.05) is 6.07 Å². The molecular formula is C19H17F2N3O. The summed E-state index contributed by atoms with van der Waals surface area (Å²) in [6.45, 7) is 1.77. The number of halogens is 2. The second kappa shape index (κ2) is 6.84. The second-order valence-electron chi connectivity index (χ2n) is 5.76. The van der Waals surface area contributed by atoms with Gasteiger partial charge in [0.15, 0.2) is 11.6 Å². The van der Waals surface area contributed by atoms with Crippen LogP contribution in [0.4, 0.5) is 8.78 Å². The summed E-state index contributed by atoms with van der Waals surface area (Å²) in [5.41, 5.74) is 1.88. The van der Waals surface area contributed by atoms with Crippen molar-refractivity contribution in [3.8, 4) is 5.69 Å². The maximum Gasteiger partial charge on any atom is 0.254 e. The van der Waals surface area contributed by atoms with Gasteiger partial charge in [0.2, 0.25) is 0 Å². The third-order valence-corrected chi connectivity index (χ3v) is 4.21. The minimum absolute atomic E-state index is 0.204. The number of aromatic nitrogens is 2. The van der Waals surface area contributed by atoms with Gasteiger partial charge >= 0.3 is 0 Å². The van der Waals surface area contributed by atoms with Gasteiger partial charge in [-0.25, -0.2) is 13.5 Å². The zero-order chi connectivity index (χ0) is 18.0. The molecule has 3 rings (SSSR count). The van der Waals surface area contributed by atoms with Crippen LogP contribution < -0.4 is 0 Å². The summed E-state index contributed by atoms with van der Waals surface area (Å²) in [6.07, 6.45) is 3.49. The maximum absolute atomic E-state index is 13.4. The summed E-state index contributed by atoms with van der Waals surface area (Å²) in [6, 6.07) is 12.1. The van der Waals surface area contributed by atoms with Crippen molar-refractivity contribution in [2.24, 2.45) is 0 Å². The number of carbonyl (C=O) groups is 1. The highest BCUT2D eigenvalue weighted by Gasteiger charge is 2.20. The van der Waals surface area contributed by atoms with E-state index in [1.54, 1.807) is 49.1 Å². The number of carbonyl (C=O) groups excluding carboxylic acids is 1. The molecule has 3 aromatic rings. The lowest BCUT2D eigenvalue weighted by Crippen LogP contribution is -2.29. The van der Waals surface area contributed by atoms with Crippen molar-refractivity contribution >= 4 is 5.91 Å². The number of hydrogen-bond donors (Lipinski definition) is 0. The Morgan fingerprint density at radius 1 is 1.12 bits per heavy atom. The summed E-state index contributed by atoms with van der Waals surface area (Å²) in [5.74, 6) is -2.03. The van der Waals surface area contributed by atoms with E-state index in [2.05, 4.69) is 5.10 Å². The van der Waals surface area contributed by atoms with E-state index >= 15 is 0 Å². The van der Waals surface area contributed by atoms with Crippen molar-refractivity contribution in [1.82, 2.24) is 14.7 Å². The lowest BCUT2D eigenvalue weighted by molar-refractivity contribution is 0.0742. The Kier molecular flexibility index (Phi) is 4.61. The molecule has 4 nitrogen and oxygen atoms in total. The standard InChI is InChI=1S/C19H17F2N3O/c1-13(15-6-9-17(20)18(21)12-15)23(2)19(25)14-4-7-16(8-5-14)24-11-3-10-22-24/h3-13H,1-2H3. The molecule has 1 amide bonds. The predicted octanol–water partition coefficient (Wildman–Crippen LogP) is 3.98. The largest absolute Gasteiger partial charge is 0.335 e. The van der Waals surface area contributed by atoms with Crippen molar-refractivity contribution in [2.75, 3.05) is 7.05 Å². The molecule has 0 saturated carbocycles. The molecule has 128 valence electrons. The highest BCUT2D eigenvalue weighted by atomic mass is 19.2. The van der Waals surface area contributed by atoms with Crippen LogP contribution in [0.2, 0.25) is 0 Å². The highest BCUT2D eigenvalue weighted by Crippen LogP contribution is 2.23. The molecule has 0 aliphatic carbocycles. The molecule has 1 atom stereocenters. The zero-order valence-corrected chi connectivity index (χ0v) is 13.9. The van der Waals surface area contributed by atoms with Gasteiger partial charge < -0.3 is 4.90 Å². The van der Waals surface area contributed by atoms with Gasteiger partial charge in [0.05, 0.1) is 11.7 Å². The first-order valence-electron chi connectivity index (χ1n) is 7.79. The lowest BCUT2D eigenvalue weighted by atomic mass is 10.1. The maximum atomic E-state index is 13.4. The summed E-state index contributed by atoms with van der Waals surface area (Å²) >= 11 is 0. The van der Waals surface area contributed by atoms with Gasteiger partial charge in [-0.3, -0.25) is 4.79 Å². The van der Waals surface area contributed by atoms with Gasteiger partial charge in [0.25, 0.3) is 5.91 Å². The zero-order valence-electron chi connectivity index (χ0n) is 13.9. The predicted molar refractivity (Wildman–Crippen MR) is 90.4 cm³/mol. The number of rotatable bonds is 4. The molecule has 2 aromatic carbocycles. The van der Waals surface area contributed by atoms with Crippen LogP contribution >= 0.6 is 0 Å². The number of amides is 1. The molecule has 6 heteroatoms. The molecular weight excluding hydrogens is 324 g/mol. The fourth-order valence-corrected chi connectivity index (χ4v) is 2.55. The van der Waals surface area contributed by atoms with Gasteiger partial charge in [-0.2, -0.15) is 5.10 Å².